The number of nitrogens with one attached hydrogen (secondary N) is 2. The molecule has 0 atom stereocenters. The number of nitrogens with zero attached hydrogens (tertiary/aromatic N) is 3. The Balaban J connectivity index is 1.33. The highest BCUT2D eigenvalue weighted by Gasteiger charge is 2.38. The van der Waals surface area contributed by atoms with Gasteiger partial charge in [0, 0.05) is 48.6 Å². The minimum absolute atomic E-state index is 0.0850. The number of urea groups is 1. The summed E-state index contributed by atoms with van der Waals surface area (Å²) in [5, 5.41) is 7.42. The maximum absolute atomic E-state index is 13.7. The number of alkyl halides is 3. The van der Waals surface area contributed by atoms with Crippen LogP contribution in [0.25, 0.3) is 10.8 Å². The van der Waals surface area contributed by atoms with E-state index < -0.39 is 17.8 Å². The molecule has 0 spiro atoms. The fourth-order valence-corrected chi connectivity index (χ4v) is 5.67. The lowest BCUT2D eigenvalue weighted by molar-refractivity contribution is -0.137. The summed E-state index contributed by atoms with van der Waals surface area (Å²) in [4.78, 5) is 21.2. The van der Waals surface area contributed by atoms with Crippen molar-refractivity contribution in [3.8, 4) is 0 Å². The summed E-state index contributed by atoms with van der Waals surface area (Å²) in [5.41, 5.74) is 2.19. The number of pyridine rings is 1. The first-order chi connectivity index (χ1) is 19.6. The quantitative estimate of drug-likeness (QED) is 0.263. The fourth-order valence-electron chi connectivity index (χ4n) is 5.67. The van der Waals surface area contributed by atoms with Gasteiger partial charge in [-0.25, -0.2) is 4.79 Å². The van der Waals surface area contributed by atoms with Crippen molar-refractivity contribution in [2.45, 2.75) is 37.5 Å². The minimum atomic E-state index is -4.46. The van der Waals surface area contributed by atoms with Gasteiger partial charge in [0.2, 0.25) is 0 Å². The number of rotatable bonds is 7. The van der Waals surface area contributed by atoms with Gasteiger partial charge in [-0.15, -0.1) is 0 Å². The van der Waals surface area contributed by atoms with Gasteiger partial charge in [0.25, 0.3) is 0 Å². The molecule has 1 aliphatic heterocycles. The molecule has 6 nitrogen and oxygen atoms in total. The van der Waals surface area contributed by atoms with E-state index in [4.69, 9.17) is 0 Å². The van der Waals surface area contributed by atoms with Gasteiger partial charge < -0.3 is 20.4 Å². The molecule has 1 aromatic heterocycles. The minimum Gasteiger partial charge on any atom is -0.371 e. The van der Waals surface area contributed by atoms with Crippen LogP contribution < -0.4 is 15.5 Å². The van der Waals surface area contributed by atoms with Crippen molar-refractivity contribution in [3.63, 3.8) is 0 Å². The Hall–Kier alpha value is -4.11. The standard InChI is InChI=1S/C32H34F3N5O/c1-39(2)31(20-23-7-4-3-5-8-23)14-17-40(18-15-31)29-19-26(32(33,34)35)12-11-25(29)21-37-30(41)38-28-10-6-9-24-13-16-36-22-27(24)28/h3-13,16,19,22H,14-15,17-18,20-21H2,1-2H3,(H2,37,38,41). The molecule has 1 aliphatic rings. The smallest absolute Gasteiger partial charge is 0.371 e. The van der Waals surface area contributed by atoms with E-state index in [0.717, 1.165) is 36.1 Å². The third-order valence-electron chi connectivity index (χ3n) is 8.14. The summed E-state index contributed by atoms with van der Waals surface area (Å²) < 4.78 is 41.1. The number of anilines is 2. The Bertz CT molecular complexity index is 1490. The molecular weight excluding hydrogens is 527 g/mol. The summed E-state index contributed by atoms with van der Waals surface area (Å²) in [5.74, 6) is 0. The molecule has 4 aromatic rings. The molecule has 0 unspecified atom stereocenters. The van der Waals surface area contributed by atoms with Crippen LogP contribution in [0.2, 0.25) is 0 Å². The molecule has 5 rings (SSSR count). The molecule has 214 valence electrons. The van der Waals surface area contributed by atoms with E-state index in [-0.39, 0.29) is 12.1 Å². The summed E-state index contributed by atoms with van der Waals surface area (Å²) in [6.45, 7) is 1.30. The second-order valence-corrected chi connectivity index (χ2v) is 10.8. The number of benzene rings is 3. The van der Waals surface area contributed by atoms with E-state index in [1.165, 1.54) is 17.7 Å². The monoisotopic (exact) mass is 561 g/mol. The predicted octanol–water partition coefficient (Wildman–Crippen LogP) is 6.72. The van der Waals surface area contributed by atoms with Crippen molar-refractivity contribution in [3.05, 3.63) is 102 Å². The first-order valence-electron chi connectivity index (χ1n) is 13.7. The lowest BCUT2D eigenvalue weighted by Crippen LogP contribution is -2.54. The topological polar surface area (TPSA) is 60.5 Å². The maximum Gasteiger partial charge on any atom is 0.416 e. The molecular formula is C32H34F3N5O. The summed E-state index contributed by atoms with van der Waals surface area (Å²) in [7, 11) is 4.14. The number of carbonyl (C=O) groups is 1. The summed E-state index contributed by atoms with van der Waals surface area (Å²) in [6, 6.07) is 21.0. The van der Waals surface area contributed by atoms with Crippen molar-refractivity contribution < 1.29 is 18.0 Å². The SMILES string of the molecule is CN(C)C1(Cc2ccccc2)CCN(c2cc(C(F)(F)F)ccc2CNC(=O)Nc2cccc3ccncc23)CC1. The third-order valence-corrected chi connectivity index (χ3v) is 8.14. The number of hydrogen-bond donors (Lipinski definition) is 2. The zero-order valence-corrected chi connectivity index (χ0v) is 23.2. The number of piperidine rings is 1. The average Bonchev–Trinajstić information content (AvgIpc) is 2.96. The van der Waals surface area contributed by atoms with E-state index in [1.54, 1.807) is 18.5 Å². The summed E-state index contributed by atoms with van der Waals surface area (Å²) in [6.07, 6.45) is 1.37. The van der Waals surface area contributed by atoms with E-state index in [2.05, 4.69) is 46.7 Å². The molecule has 0 radical (unpaired) electrons. The summed E-state index contributed by atoms with van der Waals surface area (Å²) >= 11 is 0. The lowest BCUT2D eigenvalue weighted by Gasteiger charge is -2.47. The van der Waals surface area contributed by atoms with Gasteiger partial charge in [-0.1, -0.05) is 48.5 Å². The Morgan fingerprint density at radius 2 is 1.76 bits per heavy atom. The van der Waals surface area contributed by atoms with Crippen molar-refractivity contribution in [1.29, 1.82) is 0 Å². The molecule has 0 bridgehead atoms. The van der Waals surface area contributed by atoms with Crippen LogP contribution in [-0.2, 0) is 19.1 Å². The van der Waals surface area contributed by atoms with Crippen molar-refractivity contribution in [2.75, 3.05) is 37.4 Å². The number of halogens is 3. The third kappa shape index (κ3) is 6.46. The van der Waals surface area contributed by atoms with Crippen LogP contribution in [0.3, 0.4) is 0 Å². The highest BCUT2D eigenvalue weighted by Crippen LogP contribution is 2.37. The van der Waals surface area contributed by atoms with Gasteiger partial charge >= 0.3 is 12.2 Å². The van der Waals surface area contributed by atoms with Crippen LogP contribution in [0, 0.1) is 0 Å². The second-order valence-electron chi connectivity index (χ2n) is 10.8. The lowest BCUT2D eigenvalue weighted by atomic mass is 9.80. The van der Waals surface area contributed by atoms with E-state index in [9.17, 15) is 18.0 Å². The van der Waals surface area contributed by atoms with Crippen LogP contribution in [0.4, 0.5) is 29.3 Å². The molecule has 0 saturated carbocycles. The zero-order chi connectivity index (χ0) is 29.0. The molecule has 41 heavy (non-hydrogen) atoms. The largest absolute Gasteiger partial charge is 0.416 e. The molecule has 2 N–H and O–H groups in total. The van der Waals surface area contributed by atoms with Gasteiger partial charge in [0.05, 0.1) is 11.3 Å². The number of carbonyl (C=O) groups excluding carboxylic acids is 1. The second kappa shape index (κ2) is 11.8. The highest BCUT2D eigenvalue weighted by atomic mass is 19.4. The molecule has 0 aliphatic carbocycles. The molecule has 2 amide bonds. The number of hydrogen-bond acceptors (Lipinski definition) is 4. The van der Waals surface area contributed by atoms with Gasteiger partial charge in [-0.3, -0.25) is 4.98 Å². The van der Waals surface area contributed by atoms with Crippen LogP contribution >= 0.6 is 0 Å². The van der Waals surface area contributed by atoms with E-state index in [1.807, 2.05) is 41.3 Å². The van der Waals surface area contributed by atoms with Crippen LogP contribution in [0.5, 0.6) is 0 Å². The van der Waals surface area contributed by atoms with Crippen molar-refractivity contribution in [2.24, 2.45) is 0 Å². The number of likely N-dealkylation sites (N-methyl/N-ethyl adjacent to an activating group) is 1. The number of amides is 2. The first kappa shape index (κ1) is 28.4. The first-order valence-corrected chi connectivity index (χ1v) is 13.7. The van der Waals surface area contributed by atoms with E-state index in [0.29, 0.717) is 30.0 Å². The highest BCUT2D eigenvalue weighted by molar-refractivity contribution is 6.01. The van der Waals surface area contributed by atoms with Crippen LogP contribution in [0.1, 0.15) is 29.5 Å². The number of fused-ring (bicyclic) bond motifs is 1. The molecule has 1 fully saturated rings. The van der Waals surface area contributed by atoms with Crippen molar-refractivity contribution >= 4 is 28.2 Å². The van der Waals surface area contributed by atoms with Gasteiger partial charge in [0.15, 0.2) is 0 Å². The Morgan fingerprint density at radius 1 is 1.00 bits per heavy atom. The Kier molecular flexibility index (Phi) is 8.17. The fraction of sp³-hybridized carbons (Fsp3) is 0.312. The zero-order valence-electron chi connectivity index (χ0n) is 23.2. The average molecular weight is 562 g/mol. The number of aromatic nitrogens is 1. The molecule has 2 heterocycles. The Labute approximate surface area is 238 Å². The van der Waals surface area contributed by atoms with Crippen LogP contribution in [0.15, 0.2) is 85.2 Å². The normalized spacial score (nSPS) is 15.2. The molecule has 3 aromatic carbocycles. The molecule has 1 saturated heterocycles. The van der Waals surface area contributed by atoms with Gasteiger partial charge in [0.1, 0.15) is 0 Å². The van der Waals surface area contributed by atoms with E-state index >= 15 is 0 Å². The maximum atomic E-state index is 13.7. The van der Waals surface area contributed by atoms with Gasteiger partial charge in [-0.2, -0.15) is 13.2 Å². The predicted molar refractivity (Wildman–Crippen MR) is 157 cm³/mol. The Morgan fingerprint density at radius 3 is 2.46 bits per heavy atom. The molecule has 9 heteroatoms. The van der Waals surface area contributed by atoms with Gasteiger partial charge in [-0.05, 0) is 74.1 Å². The van der Waals surface area contributed by atoms with Crippen molar-refractivity contribution in [1.82, 2.24) is 15.2 Å². The van der Waals surface area contributed by atoms with Crippen LogP contribution in [-0.4, -0.2) is 48.6 Å².